The summed E-state index contributed by atoms with van der Waals surface area (Å²) in [6.45, 7) is 0.108. The predicted octanol–water partition coefficient (Wildman–Crippen LogP) is -1.43. The van der Waals surface area contributed by atoms with Crippen molar-refractivity contribution >= 4 is 47.3 Å². The van der Waals surface area contributed by atoms with Crippen LogP contribution < -0.4 is 11.1 Å². The van der Waals surface area contributed by atoms with Crippen molar-refractivity contribution in [1.82, 2.24) is 30.4 Å². The van der Waals surface area contributed by atoms with Crippen LogP contribution in [0.25, 0.3) is 0 Å². The number of β-lactam (4-membered cyclic amide) rings is 1. The van der Waals surface area contributed by atoms with Crippen LogP contribution in [0.4, 0.5) is 0 Å². The van der Waals surface area contributed by atoms with Gasteiger partial charge in [-0.05, 0) is 21.6 Å². The zero-order valence-corrected chi connectivity index (χ0v) is 19.9. The van der Waals surface area contributed by atoms with Gasteiger partial charge in [-0.3, -0.25) is 19.3 Å². The molecule has 4 rings (SSSR count). The summed E-state index contributed by atoms with van der Waals surface area (Å²) >= 11 is 2.44. The van der Waals surface area contributed by atoms with E-state index in [0.717, 1.165) is 27.6 Å². The Morgan fingerprint density at radius 3 is 2.66 bits per heavy atom. The van der Waals surface area contributed by atoms with Crippen LogP contribution in [0, 0.1) is 0 Å². The largest absolute Gasteiger partial charge is 0.480 e. The first-order chi connectivity index (χ1) is 16.8. The number of carbonyl (C=O) groups excluding carboxylic acids is 2. The van der Waals surface area contributed by atoms with Crippen LogP contribution in [0.5, 0.6) is 0 Å². The van der Waals surface area contributed by atoms with Crippen molar-refractivity contribution in [3.63, 3.8) is 0 Å². The van der Waals surface area contributed by atoms with E-state index >= 15 is 0 Å². The monoisotopic (exact) mass is 520 g/mol. The van der Waals surface area contributed by atoms with Gasteiger partial charge in [-0.2, -0.15) is 0 Å². The fourth-order valence-corrected chi connectivity index (χ4v) is 6.21. The summed E-state index contributed by atoms with van der Waals surface area (Å²) in [7, 11) is 0. The Balaban J connectivity index is 1.43. The molecule has 2 aliphatic rings. The molecule has 0 spiro atoms. The number of thioether (sulfide) groups is 2. The number of rotatable bonds is 10. The molecule has 184 valence electrons. The first kappa shape index (κ1) is 24.7. The van der Waals surface area contributed by atoms with Crippen molar-refractivity contribution in [2.75, 3.05) is 11.5 Å². The highest BCUT2D eigenvalue weighted by Gasteiger charge is 2.54. The maximum Gasteiger partial charge on any atom is 0.352 e. The maximum atomic E-state index is 12.9. The molecule has 6 N–H and O–H groups in total. The summed E-state index contributed by atoms with van der Waals surface area (Å²) in [4.78, 5) is 49.6. The van der Waals surface area contributed by atoms with Crippen LogP contribution in [-0.2, 0) is 38.7 Å². The molecule has 0 radical (unpaired) electrons. The average Bonchev–Trinajstić information content (AvgIpc) is 3.26. The van der Waals surface area contributed by atoms with E-state index in [4.69, 9.17) is 5.11 Å². The lowest BCUT2D eigenvalue weighted by molar-refractivity contribution is -0.386. The molecule has 1 aromatic heterocycles. The third-order valence-corrected chi connectivity index (χ3v) is 7.85. The van der Waals surface area contributed by atoms with Gasteiger partial charge in [-0.25, -0.2) is 9.48 Å². The number of nitrogens with zero attached hydrogens (tertiary/aromatic N) is 5. The molecule has 0 aliphatic carbocycles. The van der Waals surface area contributed by atoms with Crippen LogP contribution in [-0.4, -0.2) is 82.0 Å². The number of carboxylic acid groups (broad SMARTS) is 2. The van der Waals surface area contributed by atoms with E-state index < -0.39 is 35.8 Å². The number of benzene rings is 1. The molecule has 13 nitrogen and oxygen atoms in total. The topological polar surface area (TPSA) is 195 Å². The molecule has 2 aliphatic heterocycles. The highest BCUT2D eigenvalue weighted by molar-refractivity contribution is 8.01. The highest BCUT2D eigenvalue weighted by Crippen LogP contribution is 2.41. The molecule has 1 fully saturated rings. The molecule has 2 amide bonds. The minimum absolute atomic E-state index is 0.0986. The molecular formula is C20H22N7O6S2+. The molecule has 2 aromatic rings. The number of carbonyl (C=O) groups is 4. The summed E-state index contributed by atoms with van der Waals surface area (Å²) < 4.78 is 1.10. The Bertz CT molecular complexity index is 1220. The van der Waals surface area contributed by atoms with E-state index in [1.165, 1.54) is 16.7 Å². The smallest absolute Gasteiger partial charge is 0.352 e. The maximum absolute atomic E-state index is 12.9. The van der Waals surface area contributed by atoms with Crippen molar-refractivity contribution in [1.29, 1.82) is 0 Å². The number of nitrogens with one attached hydrogen (secondary N) is 1. The fourth-order valence-electron chi connectivity index (χ4n) is 3.84. The number of quaternary nitrogens is 1. The van der Waals surface area contributed by atoms with Crippen molar-refractivity contribution in [3.05, 3.63) is 46.7 Å². The van der Waals surface area contributed by atoms with Gasteiger partial charge in [0, 0.05) is 17.1 Å². The van der Waals surface area contributed by atoms with Crippen LogP contribution in [0.2, 0.25) is 0 Å². The second kappa shape index (κ2) is 10.5. The number of hydrogen-bond donors (Lipinski definition) is 4. The van der Waals surface area contributed by atoms with Crippen molar-refractivity contribution in [2.24, 2.45) is 0 Å². The summed E-state index contributed by atoms with van der Waals surface area (Å²) in [6, 6.07) is 6.62. The molecule has 0 bridgehead atoms. The molecule has 35 heavy (non-hydrogen) atoms. The number of tetrazole rings is 1. The van der Waals surface area contributed by atoms with Gasteiger partial charge >= 0.3 is 11.9 Å². The minimum Gasteiger partial charge on any atom is -0.480 e. The van der Waals surface area contributed by atoms with Gasteiger partial charge < -0.3 is 21.3 Å². The van der Waals surface area contributed by atoms with Crippen molar-refractivity contribution in [2.45, 2.75) is 36.1 Å². The van der Waals surface area contributed by atoms with Crippen LogP contribution >= 0.6 is 23.5 Å². The third-order valence-electron chi connectivity index (χ3n) is 5.46. The average molecular weight is 521 g/mol. The van der Waals surface area contributed by atoms with Crippen LogP contribution in [0.15, 0.2) is 40.7 Å². The normalized spacial score (nSPS) is 19.2. The highest BCUT2D eigenvalue weighted by atomic mass is 32.2. The number of carboxylic acids is 2. The molecule has 0 saturated carbocycles. The van der Waals surface area contributed by atoms with Crippen molar-refractivity contribution in [3.8, 4) is 0 Å². The van der Waals surface area contributed by atoms with Gasteiger partial charge in [0.1, 0.15) is 23.7 Å². The van der Waals surface area contributed by atoms with Crippen LogP contribution in [0.1, 0.15) is 11.1 Å². The first-order valence-electron chi connectivity index (χ1n) is 10.5. The number of hydrogen-bond acceptors (Lipinski definition) is 9. The lowest BCUT2D eigenvalue weighted by Crippen LogP contribution is -2.70. The Hall–Kier alpha value is -3.43. The molecule has 1 saturated heterocycles. The summed E-state index contributed by atoms with van der Waals surface area (Å²) in [5, 5.41) is 32.0. The van der Waals surface area contributed by atoms with E-state index in [9.17, 15) is 24.3 Å². The molecule has 3 heterocycles. The van der Waals surface area contributed by atoms with Gasteiger partial charge in [-0.15, -0.1) is 16.9 Å². The predicted molar refractivity (Wildman–Crippen MR) is 123 cm³/mol. The third kappa shape index (κ3) is 5.16. The van der Waals surface area contributed by atoms with E-state index in [0.29, 0.717) is 17.9 Å². The Morgan fingerprint density at radius 2 is 1.97 bits per heavy atom. The van der Waals surface area contributed by atoms with E-state index in [2.05, 4.69) is 26.6 Å². The number of fused-ring (bicyclic) bond motifs is 1. The first-order valence-corrected chi connectivity index (χ1v) is 12.5. The molecular weight excluding hydrogens is 498 g/mol. The lowest BCUT2D eigenvalue weighted by atomic mass is 10.0. The van der Waals surface area contributed by atoms with Gasteiger partial charge in [0.25, 0.3) is 5.91 Å². The molecule has 2 unspecified atom stereocenters. The van der Waals surface area contributed by atoms with E-state index in [1.54, 1.807) is 0 Å². The Labute approximate surface area is 207 Å². The van der Waals surface area contributed by atoms with E-state index in [-0.39, 0.29) is 28.9 Å². The van der Waals surface area contributed by atoms with Gasteiger partial charge in [0.05, 0.1) is 13.0 Å². The second-order valence-electron chi connectivity index (χ2n) is 7.71. The summed E-state index contributed by atoms with van der Waals surface area (Å²) in [5.41, 5.74) is 5.99. The quantitative estimate of drug-likeness (QED) is 0.212. The fraction of sp³-hybridized carbons (Fsp3) is 0.350. The van der Waals surface area contributed by atoms with E-state index in [1.807, 2.05) is 24.3 Å². The Kier molecular flexibility index (Phi) is 7.37. The lowest BCUT2D eigenvalue weighted by Gasteiger charge is -2.49. The van der Waals surface area contributed by atoms with Crippen LogP contribution in [0.3, 0.4) is 0 Å². The second-order valence-corrected chi connectivity index (χ2v) is 9.76. The zero-order chi connectivity index (χ0) is 25.1. The van der Waals surface area contributed by atoms with Gasteiger partial charge in [-0.1, -0.05) is 36.0 Å². The van der Waals surface area contributed by atoms with Gasteiger partial charge in [0.2, 0.25) is 11.1 Å². The minimum atomic E-state index is -1.25. The molecule has 1 aromatic carbocycles. The standard InChI is InChI=1S/C20H21N7O6S2/c21-6-11-4-2-1-3-10(11)5-13(28)22-15-17(31)27-16(19(32)33)12(8-34-18(15)27)9-35-20-23-24-25-26(20)7-14(29)30/h1-4,15,18H,5-9,21H2,(H,22,28)(H,29,30)(H,32,33)/p+1. The molecule has 2 atom stereocenters. The number of amides is 2. The number of aliphatic carboxylic acids is 2. The van der Waals surface area contributed by atoms with Gasteiger partial charge in [0.15, 0.2) is 0 Å². The zero-order valence-electron chi connectivity index (χ0n) is 18.3. The summed E-state index contributed by atoms with van der Waals surface area (Å²) in [6.07, 6.45) is 0.0986. The summed E-state index contributed by atoms with van der Waals surface area (Å²) in [5.74, 6) is -2.70. The molecule has 15 heteroatoms. The SMILES string of the molecule is [NH3+]Cc1ccccc1CC(=O)NC1C(=O)N2C(C(=O)O)=C(CSc3nnnn3CC(=O)O)CSC12. The van der Waals surface area contributed by atoms with Crippen molar-refractivity contribution < 1.29 is 35.1 Å². The number of aromatic nitrogens is 4. The Morgan fingerprint density at radius 1 is 1.23 bits per heavy atom.